The third kappa shape index (κ3) is 3.32. The van der Waals surface area contributed by atoms with Gasteiger partial charge in [-0.1, -0.05) is 6.07 Å². The lowest BCUT2D eigenvalue weighted by Gasteiger charge is -2.31. The van der Waals surface area contributed by atoms with Gasteiger partial charge in [0.05, 0.1) is 25.3 Å². The largest absolute Gasteiger partial charge is 0.467 e. The number of methoxy groups -OCH3 is 1. The SMILES string of the molecule is COC(=O)C1CN(Cc2ccc(C#N)cc2F)CCO1. The molecule has 1 fully saturated rings. The van der Waals surface area contributed by atoms with Gasteiger partial charge in [-0.3, -0.25) is 4.90 Å². The molecule has 0 saturated carbocycles. The summed E-state index contributed by atoms with van der Waals surface area (Å²) in [5, 5.41) is 8.70. The second kappa shape index (κ2) is 6.46. The van der Waals surface area contributed by atoms with Crippen LogP contribution >= 0.6 is 0 Å². The Morgan fingerprint density at radius 3 is 3.10 bits per heavy atom. The van der Waals surface area contributed by atoms with E-state index in [2.05, 4.69) is 4.74 Å². The van der Waals surface area contributed by atoms with Gasteiger partial charge in [-0.25, -0.2) is 9.18 Å². The van der Waals surface area contributed by atoms with E-state index in [4.69, 9.17) is 10.00 Å². The van der Waals surface area contributed by atoms with Crippen LogP contribution in [0.3, 0.4) is 0 Å². The zero-order valence-corrected chi connectivity index (χ0v) is 11.1. The van der Waals surface area contributed by atoms with E-state index in [0.29, 0.717) is 37.4 Å². The van der Waals surface area contributed by atoms with Gasteiger partial charge in [0.25, 0.3) is 0 Å². The number of nitriles is 1. The highest BCUT2D eigenvalue weighted by Gasteiger charge is 2.27. The number of hydrogen-bond donors (Lipinski definition) is 0. The third-order valence-electron chi connectivity index (χ3n) is 3.19. The lowest BCUT2D eigenvalue weighted by atomic mass is 10.1. The predicted octanol–water partition coefficient (Wildman–Crippen LogP) is 1.07. The fraction of sp³-hybridized carbons (Fsp3) is 0.429. The van der Waals surface area contributed by atoms with Crippen LogP contribution in [-0.2, 0) is 20.8 Å². The summed E-state index contributed by atoms with van der Waals surface area (Å²) in [5.74, 6) is -0.833. The van der Waals surface area contributed by atoms with E-state index >= 15 is 0 Å². The molecule has 1 atom stereocenters. The van der Waals surface area contributed by atoms with Crippen molar-refractivity contribution >= 4 is 5.97 Å². The Bertz CT molecular complexity index is 542. The highest BCUT2D eigenvalue weighted by atomic mass is 19.1. The Morgan fingerprint density at radius 2 is 2.45 bits per heavy atom. The quantitative estimate of drug-likeness (QED) is 0.774. The fourth-order valence-corrected chi connectivity index (χ4v) is 2.11. The number of esters is 1. The van der Waals surface area contributed by atoms with Crippen LogP contribution in [0.2, 0.25) is 0 Å². The molecule has 0 aromatic heterocycles. The Balaban J connectivity index is 2.03. The molecular weight excluding hydrogens is 263 g/mol. The summed E-state index contributed by atoms with van der Waals surface area (Å²) in [6, 6.07) is 6.28. The molecule has 1 aliphatic heterocycles. The molecule has 0 aliphatic carbocycles. The smallest absolute Gasteiger partial charge is 0.336 e. The van der Waals surface area contributed by atoms with Crippen LogP contribution < -0.4 is 0 Å². The molecule has 1 aromatic carbocycles. The average molecular weight is 278 g/mol. The number of halogens is 1. The molecule has 106 valence electrons. The lowest BCUT2D eigenvalue weighted by Crippen LogP contribution is -2.46. The fourth-order valence-electron chi connectivity index (χ4n) is 2.11. The van der Waals surface area contributed by atoms with Gasteiger partial charge in [-0.15, -0.1) is 0 Å². The van der Waals surface area contributed by atoms with E-state index in [9.17, 15) is 9.18 Å². The highest BCUT2D eigenvalue weighted by molar-refractivity contribution is 5.74. The van der Waals surface area contributed by atoms with Gasteiger partial charge in [-0.2, -0.15) is 5.26 Å². The maximum Gasteiger partial charge on any atom is 0.336 e. The zero-order chi connectivity index (χ0) is 14.5. The summed E-state index contributed by atoms with van der Waals surface area (Å²) in [6.07, 6.45) is -0.629. The number of carbonyl (C=O) groups excluding carboxylic acids is 1. The molecule has 0 N–H and O–H groups in total. The van der Waals surface area contributed by atoms with Crippen LogP contribution in [0.5, 0.6) is 0 Å². The molecule has 1 unspecified atom stereocenters. The summed E-state index contributed by atoms with van der Waals surface area (Å²) in [6.45, 7) is 1.76. The minimum Gasteiger partial charge on any atom is -0.467 e. The van der Waals surface area contributed by atoms with E-state index in [0.717, 1.165) is 0 Å². The summed E-state index contributed by atoms with van der Waals surface area (Å²) in [4.78, 5) is 13.4. The number of carbonyl (C=O) groups is 1. The molecule has 1 saturated heterocycles. The normalized spacial score (nSPS) is 19.4. The zero-order valence-electron chi connectivity index (χ0n) is 11.1. The predicted molar refractivity (Wildman–Crippen MR) is 68.1 cm³/mol. The van der Waals surface area contributed by atoms with Crippen molar-refractivity contribution in [3.8, 4) is 6.07 Å². The van der Waals surface area contributed by atoms with Crippen molar-refractivity contribution in [3.63, 3.8) is 0 Å². The molecule has 5 nitrogen and oxygen atoms in total. The topological polar surface area (TPSA) is 62.6 Å². The highest BCUT2D eigenvalue weighted by Crippen LogP contribution is 2.15. The molecule has 20 heavy (non-hydrogen) atoms. The van der Waals surface area contributed by atoms with Crippen molar-refractivity contribution in [3.05, 3.63) is 35.1 Å². The first-order chi connectivity index (χ1) is 9.63. The number of hydrogen-bond acceptors (Lipinski definition) is 5. The molecule has 0 spiro atoms. The number of rotatable bonds is 3. The molecule has 1 aromatic rings. The van der Waals surface area contributed by atoms with Gasteiger partial charge in [0.2, 0.25) is 0 Å². The molecule has 0 amide bonds. The van der Waals surface area contributed by atoms with E-state index in [1.807, 2.05) is 11.0 Å². The van der Waals surface area contributed by atoms with Crippen molar-refractivity contribution in [2.24, 2.45) is 0 Å². The van der Waals surface area contributed by atoms with Crippen molar-refractivity contribution < 1.29 is 18.7 Å². The van der Waals surface area contributed by atoms with Gasteiger partial charge in [-0.05, 0) is 12.1 Å². The molecule has 1 aliphatic rings. The molecule has 2 rings (SSSR count). The Hall–Kier alpha value is -1.97. The monoisotopic (exact) mass is 278 g/mol. The third-order valence-corrected chi connectivity index (χ3v) is 3.19. The second-order valence-corrected chi connectivity index (χ2v) is 4.54. The average Bonchev–Trinajstić information content (AvgIpc) is 2.48. The van der Waals surface area contributed by atoms with Crippen molar-refractivity contribution in [2.45, 2.75) is 12.6 Å². The molecule has 0 radical (unpaired) electrons. The van der Waals surface area contributed by atoms with Gasteiger partial charge >= 0.3 is 5.97 Å². The van der Waals surface area contributed by atoms with E-state index < -0.39 is 17.9 Å². The Labute approximate surface area is 116 Å². The summed E-state index contributed by atoms with van der Waals surface area (Å²) in [5.41, 5.74) is 0.787. The minimum absolute atomic E-state index is 0.292. The van der Waals surface area contributed by atoms with Crippen LogP contribution in [0.15, 0.2) is 18.2 Å². The minimum atomic E-state index is -0.629. The number of benzene rings is 1. The van der Waals surface area contributed by atoms with Crippen molar-refractivity contribution in [1.29, 1.82) is 5.26 Å². The van der Waals surface area contributed by atoms with Crippen molar-refractivity contribution in [1.82, 2.24) is 4.90 Å². The first kappa shape index (κ1) is 14.4. The van der Waals surface area contributed by atoms with Crippen LogP contribution in [0.1, 0.15) is 11.1 Å². The van der Waals surface area contributed by atoms with Crippen molar-refractivity contribution in [2.75, 3.05) is 26.8 Å². The van der Waals surface area contributed by atoms with Gasteiger partial charge < -0.3 is 9.47 Å². The van der Waals surface area contributed by atoms with E-state index in [1.165, 1.54) is 13.2 Å². The van der Waals surface area contributed by atoms with Crippen LogP contribution in [-0.4, -0.2) is 43.8 Å². The maximum atomic E-state index is 13.8. The van der Waals surface area contributed by atoms with Crippen LogP contribution in [0.25, 0.3) is 0 Å². The molecular formula is C14H15FN2O3. The Kier molecular flexibility index (Phi) is 4.66. The number of nitrogens with zero attached hydrogens (tertiary/aromatic N) is 2. The molecule has 0 bridgehead atoms. The number of ether oxygens (including phenoxy) is 2. The molecule has 1 heterocycles. The van der Waals surface area contributed by atoms with E-state index in [-0.39, 0.29) is 0 Å². The van der Waals surface area contributed by atoms with Crippen LogP contribution in [0.4, 0.5) is 4.39 Å². The van der Waals surface area contributed by atoms with Gasteiger partial charge in [0, 0.05) is 25.2 Å². The maximum absolute atomic E-state index is 13.8. The molecule has 6 heteroatoms. The summed E-state index contributed by atoms with van der Waals surface area (Å²) in [7, 11) is 1.31. The first-order valence-electron chi connectivity index (χ1n) is 6.24. The first-order valence-corrected chi connectivity index (χ1v) is 6.24. The Morgan fingerprint density at radius 1 is 1.65 bits per heavy atom. The second-order valence-electron chi connectivity index (χ2n) is 4.54. The van der Waals surface area contributed by atoms with E-state index in [1.54, 1.807) is 12.1 Å². The lowest BCUT2D eigenvalue weighted by molar-refractivity contribution is -0.160. The summed E-state index contributed by atoms with van der Waals surface area (Å²) < 4.78 is 23.8. The summed E-state index contributed by atoms with van der Waals surface area (Å²) >= 11 is 0. The van der Waals surface area contributed by atoms with Crippen LogP contribution in [0, 0.1) is 17.1 Å². The van der Waals surface area contributed by atoms with Gasteiger partial charge in [0.1, 0.15) is 5.82 Å². The van der Waals surface area contributed by atoms with Gasteiger partial charge in [0.15, 0.2) is 6.10 Å². The standard InChI is InChI=1S/C14H15FN2O3/c1-19-14(18)13-9-17(4-5-20-13)8-11-3-2-10(7-16)6-12(11)15/h2-3,6,13H,4-5,8-9H2,1H3. The number of morpholine rings is 1.